The molecule has 0 fully saturated rings. The third kappa shape index (κ3) is 6.12. The highest BCUT2D eigenvalue weighted by Crippen LogP contribution is 1.97. The normalized spacial score (nSPS) is 11.7. The largest absolute Gasteiger partial charge is 0.311 e. The molecule has 0 bridgehead atoms. The smallest absolute Gasteiger partial charge is 0.0964 e. The zero-order valence-electron chi connectivity index (χ0n) is 12.2. The third-order valence-electron chi connectivity index (χ3n) is 2.71. The molecule has 0 aromatic carbocycles. The number of nitrogens with zero attached hydrogens (tertiary/aromatic N) is 4. The number of aromatic nitrogens is 3. The summed E-state index contributed by atoms with van der Waals surface area (Å²) in [5, 5.41) is 11.6. The fourth-order valence-electron chi connectivity index (χ4n) is 1.91. The first-order chi connectivity index (χ1) is 8.61. The van der Waals surface area contributed by atoms with E-state index < -0.39 is 0 Å². The average Bonchev–Trinajstić information content (AvgIpc) is 2.74. The quantitative estimate of drug-likeness (QED) is 0.675. The number of rotatable bonds is 9. The number of likely N-dealkylation sites (N-methyl/N-ethyl adjacent to an activating group) is 1. The average molecular weight is 253 g/mol. The minimum atomic E-state index is 0.708. The summed E-state index contributed by atoms with van der Waals surface area (Å²) in [5.74, 6) is 0.708. The molecule has 1 heterocycles. The van der Waals surface area contributed by atoms with E-state index >= 15 is 0 Å². The monoisotopic (exact) mass is 253 g/mol. The van der Waals surface area contributed by atoms with E-state index in [0.717, 1.165) is 44.8 Å². The second-order valence-electron chi connectivity index (χ2n) is 5.31. The Morgan fingerprint density at radius 1 is 1.44 bits per heavy atom. The second kappa shape index (κ2) is 8.21. The highest BCUT2D eigenvalue weighted by Gasteiger charge is 2.04. The molecule has 0 amide bonds. The summed E-state index contributed by atoms with van der Waals surface area (Å²) in [6.07, 6.45) is 3.18. The van der Waals surface area contributed by atoms with Gasteiger partial charge in [-0.25, -0.2) is 0 Å². The topological polar surface area (TPSA) is 46.0 Å². The Labute approximate surface area is 111 Å². The molecule has 1 N–H and O–H groups in total. The lowest BCUT2D eigenvalue weighted by Crippen LogP contribution is -2.27. The lowest BCUT2D eigenvalue weighted by molar-refractivity contribution is 0.278. The van der Waals surface area contributed by atoms with E-state index in [0.29, 0.717) is 5.92 Å². The van der Waals surface area contributed by atoms with Crippen LogP contribution in [0, 0.1) is 5.92 Å². The van der Waals surface area contributed by atoms with E-state index in [2.05, 4.69) is 48.3 Å². The first-order valence-electron chi connectivity index (χ1n) is 6.90. The Kier molecular flexibility index (Phi) is 6.90. The van der Waals surface area contributed by atoms with Crippen LogP contribution in [0.2, 0.25) is 0 Å². The number of hydrogen-bond donors (Lipinski definition) is 1. The summed E-state index contributed by atoms with van der Waals surface area (Å²) in [7, 11) is 2.15. The molecule has 1 rings (SSSR count). The van der Waals surface area contributed by atoms with Gasteiger partial charge in [0.2, 0.25) is 0 Å². The molecule has 0 radical (unpaired) electrons. The fourth-order valence-corrected chi connectivity index (χ4v) is 1.91. The standard InChI is InChI=1S/C13H27N5/c1-5-6-14-9-13-11-18(16-15-13)8-7-17(4)10-12(2)3/h11-12,14H,5-10H2,1-4H3. The molecule has 0 atom stereocenters. The lowest BCUT2D eigenvalue weighted by atomic mass is 10.2. The van der Waals surface area contributed by atoms with Gasteiger partial charge in [-0.2, -0.15) is 0 Å². The van der Waals surface area contributed by atoms with Gasteiger partial charge in [-0.05, 0) is 25.9 Å². The van der Waals surface area contributed by atoms with Crippen LogP contribution in [0.15, 0.2) is 6.20 Å². The van der Waals surface area contributed by atoms with E-state index in [1.165, 1.54) is 0 Å². The van der Waals surface area contributed by atoms with Crippen molar-refractivity contribution in [3.8, 4) is 0 Å². The van der Waals surface area contributed by atoms with Gasteiger partial charge in [0.15, 0.2) is 0 Å². The van der Waals surface area contributed by atoms with E-state index in [1.54, 1.807) is 0 Å². The first-order valence-corrected chi connectivity index (χ1v) is 6.90. The molecule has 5 heteroatoms. The van der Waals surface area contributed by atoms with Crippen LogP contribution in [0.1, 0.15) is 32.9 Å². The maximum atomic E-state index is 4.16. The summed E-state index contributed by atoms with van der Waals surface area (Å²) in [4.78, 5) is 2.33. The molecule has 1 aromatic heterocycles. The molecule has 0 aliphatic heterocycles. The molecule has 0 spiro atoms. The maximum absolute atomic E-state index is 4.16. The third-order valence-corrected chi connectivity index (χ3v) is 2.71. The minimum absolute atomic E-state index is 0.708. The second-order valence-corrected chi connectivity index (χ2v) is 5.31. The zero-order valence-corrected chi connectivity index (χ0v) is 12.2. The first kappa shape index (κ1) is 15.1. The van der Waals surface area contributed by atoms with Crippen LogP contribution in [0.5, 0.6) is 0 Å². The van der Waals surface area contributed by atoms with Gasteiger partial charge >= 0.3 is 0 Å². The summed E-state index contributed by atoms with van der Waals surface area (Å²) >= 11 is 0. The number of hydrogen-bond acceptors (Lipinski definition) is 4. The molecule has 5 nitrogen and oxygen atoms in total. The Morgan fingerprint density at radius 3 is 2.89 bits per heavy atom. The van der Waals surface area contributed by atoms with Crippen molar-refractivity contribution in [1.29, 1.82) is 0 Å². The van der Waals surface area contributed by atoms with Crippen molar-refractivity contribution in [3.63, 3.8) is 0 Å². The summed E-state index contributed by atoms with van der Waals surface area (Å²) in [6.45, 7) is 11.5. The van der Waals surface area contributed by atoms with Crippen molar-refractivity contribution in [2.45, 2.75) is 40.3 Å². The Bertz CT molecular complexity index is 321. The van der Waals surface area contributed by atoms with Crippen molar-refractivity contribution < 1.29 is 0 Å². The molecule has 104 valence electrons. The predicted octanol–water partition coefficient (Wildman–Crippen LogP) is 1.37. The molecule has 0 unspecified atom stereocenters. The van der Waals surface area contributed by atoms with Gasteiger partial charge < -0.3 is 10.2 Å². The molecule has 0 saturated carbocycles. The van der Waals surface area contributed by atoms with Gasteiger partial charge in [-0.1, -0.05) is 26.0 Å². The molecule has 0 aliphatic carbocycles. The molecule has 0 aliphatic rings. The van der Waals surface area contributed by atoms with Gasteiger partial charge in [0.25, 0.3) is 0 Å². The fraction of sp³-hybridized carbons (Fsp3) is 0.846. The van der Waals surface area contributed by atoms with Crippen molar-refractivity contribution in [3.05, 3.63) is 11.9 Å². The minimum Gasteiger partial charge on any atom is -0.311 e. The van der Waals surface area contributed by atoms with E-state index in [-0.39, 0.29) is 0 Å². The van der Waals surface area contributed by atoms with Crippen LogP contribution in [-0.4, -0.2) is 46.6 Å². The SMILES string of the molecule is CCCNCc1cn(CCN(C)CC(C)C)nn1. The van der Waals surface area contributed by atoms with Crippen LogP contribution < -0.4 is 5.32 Å². The highest BCUT2D eigenvalue weighted by molar-refractivity contribution is 4.91. The van der Waals surface area contributed by atoms with Crippen LogP contribution in [0.25, 0.3) is 0 Å². The van der Waals surface area contributed by atoms with E-state index in [1.807, 2.05) is 10.9 Å². The van der Waals surface area contributed by atoms with Crippen molar-refractivity contribution in [1.82, 2.24) is 25.2 Å². The Morgan fingerprint density at radius 2 is 2.22 bits per heavy atom. The maximum Gasteiger partial charge on any atom is 0.0964 e. The van der Waals surface area contributed by atoms with Gasteiger partial charge in [0.05, 0.1) is 12.2 Å². The van der Waals surface area contributed by atoms with Crippen LogP contribution in [0.4, 0.5) is 0 Å². The Hall–Kier alpha value is -0.940. The Balaban J connectivity index is 2.26. The summed E-state index contributed by atoms with van der Waals surface area (Å²) in [6, 6.07) is 0. The van der Waals surface area contributed by atoms with Gasteiger partial charge in [-0.3, -0.25) is 4.68 Å². The zero-order chi connectivity index (χ0) is 13.4. The van der Waals surface area contributed by atoms with Gasteiger partial charge in [0.1, 0.15) is 0 Å². The van der Waals surface area contributed by atoms with Gasteiger partial charge in [-0.15, -0.1) is 5.10 Å². The van der Waals surface area contributed by atoms with Crippen molar-refractivity contribution in [2.75, 3.05) is 26.7 Å². The molecule has 18 heavy (non-hydrogen) atoms. The summed E-state index contributed by atoms with van der Waals surface area (Å²) in [5.41, 5.74) is 1.02. The van der Waals surface area contributed by atoms with Gasteiger partial charge in [0, 0.05) is 25.8 Å². The van der Waals surface area contributed by atoms with E-state index in [9.17, 15) is 0 Å². The molecular weight excluding hydrogens is 226 g/mol. The molecule has 1 aromatic rings. The lowest BCUT2D eigenvalue weighted by Gasteiger charge is -2.18. The molecular formula is C13H27N5. The van der Waals surface area contributed by atoms with Crippen LogP contribution >= 0.6 is 0 Å². The van der Waals surface area contributed by atoms with Crippen LogP contribution in [0.3, 0.4) is 0 Å². The van der Waals surface area contributed by atoms with Crippen LogP contribution in [-0.2, 0) is 13.1 Å². The summed E-state index contributed by atoms with van der Waals surface area (Å²) < 4.78 is 1.93. The van der Waals surface area contributed by atoms with Crippen molar-refractivity contribution in [2.24, 2.45) is 5.92 Å². The van der Waals surface area contributed by atoms with E-state index in [4.69, 9.17) is 0 Å². The van der Waals surface area contributed by atoms with Crippen molar-refractivity contribution >= 4 is 0 Å². The predicted molar refractivity (Wildman–Crippen MR) is 74.4 cm³/mol. The molecule has 0 saturated heterocycles. The highest BCUT2D eigenvalue weighted by atomic mass is 15.4. The number of nitrogens with one attached hydrogen (secondary N) is 1.